The lowest BCUT2D eigenvalue weighted by molar-refractivity contribution is -0.153. The molecular weight excluding hydrogens is 395 g/mol. The van der Waals surface area contributed by atoms with E-state index < -0.39 is 40.7 Å². The standard InChI is InChI=1S/C17H15F5O4S/c18-16(19)26-15-4-2-1-3-13(15)10-27(23,24)9-12-5-7-14(8-6-12)25-11-17(20,21)22/h1-8,16H,9-11H2. The second-order valence-corrected chi connectivity index (χ2v) is 7.63. The van der Waals surface area contributed by atoms with E-state index in [1.165, 1.54) is 48.5 Å². The van der Waals surface area contributed by atoms with E-state index in [9.17, 15) is 30.4 Å². The quantitative estimate of drug-likeness (QED) is 0.608. The summed E-state index contributed by atoms with van der Waals surface area (Å²) in [5, 5.41) is 0. The third kappa shape index (κ3) is 7.41. The third-order valence-corrected chi connectivity index (χ3v) is 4.80. The van der Waals surface area contributed by atoms with Gasteiger partial charge in [-0.05, 0) is 23.8 Å². The molecule has 0 aromatic heterocycles. The number of hydrogen-bond acceptors (Lipinski definition) is 4. The molecule has 2 aromatic carbocycles. The number of rotatable bonds is 8. The van der Waals surface area contributed by atoms with Crippen molar-refractivity contribution in [3.8, 4) is 11.5 Å². The molecule has 0 aliphatic carbocycles. The fourth-order valence-electron chi connectivity index (χ4n) is 2.22. The summed E-state index contributed by atoms with van der Waals surface area (Å²) in [5.74, 6) is -1.23. The summed E-state index contributed by atoms with van der Waals surface area (Å²) < 4.78 is 94.6. The van der Waals surface area contributed by atoms with Crippen LogP contribution in [0.15, 0.2) is 48.5 Å². The summed E-state index contributed by atoms with van der Waals surface area (Å²) in [6, 6.07) is 10.6. The molecular formula is C17H15F5O4S. The molecule has 0 radical (unpaired) electrons. The first-order valence-corrected chi connectivity index (χ1v) is 9.38. The molecule has 0 saturated heterocycles. The highest BCUT2D eigenvalue weighted by Crippen LogP contribution is 2.24. The van der Waals surface area contributed by atoms with Crippen LogP contribution >= 0.6 is 0 Å². The maximum atomic E-state index is 12.4. The third-order valence-electron chi connectivity index (χ3n) is 3.28. The van der Waals surface area contributed by atoms with Gasteiger partial charge in [-0.1, -0.05) is 30.3 Å². The van der Waals surface area contributed by atoms with E-state index in [2.05, 4.69) is 9.47 Å². The predicted octanol–water partition coefficient (Wildman–Crippen LogP) is 4.34. The Balaban J connectivity index is 2.04. The highest BCUT2D eigenvalue weighted by Gasteiger charge is 2.28. The Morgan fingerprint density at radius 2 is 1.56 bits per heavy atom. The summed E-state index contributed by atoms with van der Waals surface area (Å²) in [6.07, 6.45) is -4.48. The van der Waals surface area contributed by atoms with Gasteiger partial charge >= 0.3 is 12.8 Å². The summed E-state index contributed by atoms with van der Waals surface area (Å²) in [5.41, 5.74) is 0.407. The van der Waals surface area contributed by atoms with Crippen LogP contribution in [0.1, 0.15) is 11.1 Å². The number of hydrogen-bond donors (Lipinski definition) is 0. The second kappa shape index (κ2) is 8.55. The molecule has 0 aliphatic rings. The van der Waals surface area contributed by atoms with Gasteiger partial charge in [0.05, 0.1) is 11.5 Å². The lowest BCUT2D eigenvalue weighted by atomic mass is 10.2. The molecule has 10 heteroatoms. The van der Waals surface area contributed by atoms with Gasteiger partial charge in [0.1, 0.15) is 11.5 Å². The van der Waals surface area contributed by atoms with E-state index >= 15 is 0 Å². The number of benzene rings is 2. The van der Waals surface area contributed by atoms with Gasteiger partial charge < -0.3 is 9.47 Å². The van der Waals surface area contributed by atoms with Crippen LogP contribution in [-0.2, 0) is 21.3 Å². The van der Waals surface area contributed by atoms with Gasteiger partial charge in [0.2, 0.25) is 0 Å². The smallest absolute Gasteiger partial charge is 0.422 e. The Bertz CT molecular complexity index is 848. The van der Waals surface area contributed by atoms with Gasteiger partial charge in [-0.25, -0.2) is 8.42 Å². The number of sulfone groups is 1. The number of para-hydroxylation sites is 1. The summed E-state index contributed by atoms with van der Waals surface area (Å²) in [6.45, 7) is -4.54. The minimum atomic E-state index is -4.48. The first-order chi connectivity index (χ1) is 12.5. The van der Waals surface area contributed by atoms with Crippen molar-refractivity contribution >= 4 is 9.84 Å². The molecule has 0 saturated carbocycles. The Kier molecular flexibility index (Phi) is 6.63. The molecule has 0 atom stereocenters. The van der Waals surface area contributed by atoms with Crippen LogP contribution in [0.5, 0.6) is 11.5 Å². The molecule has 2 aromatic rings. The van der Waals surface area contributed by atoms with Gasteiger partial charge in [0.15, 0.2) is 16.4 Å². The topological polar surface area (TPSA) is 52.6 Å². The minimum absolute atomic E-state index is 0.0517. The average Bonchev–Trinajstić information content (AvgIpc) is 2.54. The van der Waals surface area contributed by atoms with Crippen molar-refractivity contribution < 1.29 is 39.8 Å². The molecule has 27 heavy (non-hydrogen) atoms. The lowest BCUT2D eigenvalue weighted by Gasteiger charge is -2.12. The van der Waals surface area contributed by atoms with Crippen LogP contribution in [-0.4, -0.2) is 27.8 Å². The molecule has 0 amide bonds. The van der Waals surface area contributed by atoms with Crippen molar-refractivity contribution in [2.45, 2.75) is 24.3 Å². The fraction of sp³-hybridized carbons (Fsp3) is 0.294. The molecule has 0 N–H and O–H groups in total. The van der Waals surface area contributed by atoms with Gasteiger partial charge in [0.25, 0.3) is 0 Å². The van der Waals surface area contributed by atoms with Gasteiger partial charge in [0, 0.05) is 5.56 Å². The molecule has 0 fully saturated rings. The average molecular weight is 410 g/mol. The van der Waals surface area contributed by atoms with Gasteiger partial charge in [-0.2, -0.15) is 22.0 Å². The number of halogens is 5. The fourth-order valence-corrected chi connectivity index (χ4v) is 3.74. The van der Waals surface area contributed by atoms with E-state index in [1.54, 1.807) is 0 Å². The summed E-state index contributed by atoms with van der Waals surface area (Å²) in [7, 11) is -3.74. The van der Waals surface area contributed by atoms with Crippen LogP contribution in [0, 0.1) is 0 Å². The SMILES string of the molecule is O=S(=O)(Cc1ccc(OCC(F)(F)F)cc1)Cc1ccccc1OC(F)F. The number of ether oxygens (including phenoxy) is 2. The van der Waals surface area contributed by atoms with Crippen LogP contribution in [0.25, 0.3) is 0 Å². The van der Waals surface area contributed by atoms with E-state index in [4.69, 9.17) is 0 Å². The maximum absolute atomic E-state index is 12.4. The van der Waals surface area contributed by atoms with Crippen molar-refractivity contribution in [2.24, 2.45) is 0 Å². The van der Waals surface area contributed by atoms with Crippen LogP contribution in [0.2, 0.25) is 0 Å². The molecule has 2 rings (SSSR count). The zero-order chi connectivity index (χ0) is 20.1. The van der Waals surface area contributed by atoms with E-state index in [-0.39, 0.29) is 17.1 Å². The molecule has 0 bridgehead atoms. The van der Waals surface area contributed by atoms with Crippen molar-refractivity contribution in [1.29, 1.82) is 0 Å². The van der Waals surface area contributed by atoms with Crippen molar-refractivity contribution in [2.75, 3.05) is 6.61 Å². The van der Waals surface area contributed by atoms with Gasteiger partial charge in [-0.15, -0.1) is 0 Å². The molecule has 148 valence electrons. The van der Waals surface area contributed by atoms with Crippen LogP contribution in [0.3, 0.4) is 0 Å². The molecule has 0 heterocycles. The Labute approximate surface area is 152 Å². The molecule has 0 spiro atoms. The highest BCUT2D eigenvalue weighted by molar-refractivity contribution is 7.89. The highest BCUT2D eigenvalue weighted by atomic mass is 32.2. The van der Waals surface area contributed by atoms with E-state index in [0.29, 0.717) is 5.56 Å². The second-order valence-electron chi connectivity index (χ2n) is 5.57. The first-order valence-electron chi connectivity index (χ1n) is 7.56. The Morgan fingerprint density at radius 3 is 2.15 bits per heavy atom. The van der Waals surface area contributed by atoms with E-state index in [0.717, 1.165) is 0 Å². The van der Waals surface area contributed by atoms with Gasteiger partial charge in [-0.3, -0.25) is 0 Å². The van der Waals surface area contributed by atoms with Crippen LogP contribution in [0.4, 0.5) is 22.0 Å². The molecule has 0 unspecified atom stereocenters. The zero-order valence-corrected chi connectivity index (χ0v) is 14.6. The first kappa shape index (κ1) is 20.9. The number of alkyl halides is 5. The zero-order valence-electron chi connectivity index (χ0n) is 13.7. The lowest BCUT2D eigenvalue weighted by Crippen LogP contribution is -2.19. The Morgan fingerprint density at radius 1 is 0.926 bits per heavy atom. The molecule has 0 aliphatic heterocycles. The molecule has 4 nitrogen and oxygen atoms in total. The normalized spacial score (nSPS) is 12.2. The van der Waals surface area contributed by atoms with Crippen molar-refractivity contribution in [1.82, 2.24) is 0 Å². The Hall–Kier alpha value is -2.36. The summed E-state index contributed by atoms with van der Waals surface area (Å²) in [4.78, 5) is 0. The van der Waals surface area contributed by atoms with Crippen molar-refractivity contribution in [3.63, 3.8) is 0 Å². The minimum Gasteiger partial charge on any atom is -0.484 e. The summed E-state index contributed by atoms with van der Waals surface area (Å²) >= 11 is 0. The van der Waals surface area contributed by atoms with E-state index in [1.807, 2.05) is 0 Å². The predicted molar refractivity (Wildman–Crippen MR) is 87.4 cm³/mol. The van der Waals surface area contributed by atoms with Crippen molar-refractivity contribution in [3.05, 3.63) is 59.7 Å². The maximum Gasteiger partial charge on any atom is 0.422 e. The monoisotopic (exact) mass is 410 g/mol. The largest absolute Gasteiger partial charge is 0.484 e. The van der Waals surface area contributed by atoms with Crippen LogP contribution < -0.4 is 9.47 Å².